The molecule has 0 atom stereocenters. The second-order valence-electron chi connectivity index (χ2n) is 6.21. The molecular formula is C17H21N7O2. The first-order valence-corrected chi connectivity index (χ1v) is 8.24. The molecule has 0 fully saturated rings. The average Bonchev–Trinajstić information content (AvgIpc) is 2.65. The Morgan fingerprint density at radius 2 is 2.00 bits per heavy atom. The number of carbonyl (C=O) groups is 2. The molecule has 9 nitrogen and oxygen atoms in total. The van der Waals surface area contributed by atoms with Crippen molar-refractivity contribution in [2.24, 2.45) is 5.73 Å². The van der Waals surface area contributed by atoms with Gasteiger partial charge in [-0.25, -0.2) is 14.8 Å². The summed E-state index contributed by atoms with van der Waals surface area (Å²) < 4.78 is 0. The Labute approximate surface area is 151 Å². The standard InChI is InChI=1S/C17H21N7O2/c1-23(2)16-12-5-8-24(14(25)9-20-17(18)26)10-13(12)21-15(22-16)11-3-6-19-7-4-11/h3-4,6-7H,5,8-10H2,1-2H3,(H3,18,20,26). The van der Waals surface area contributed by atoms with Gasteiger partial charge in [-0.3, -0.25) is 9.78 Å². The molecule has 136 valence electrons. The van der Waals surface area contributed by atoms with Crippen LogP contribution >= 0.6 is 0 Å². The molecular weight excluding hydrogens is 334 g/mol. The fraction of sp³-hybridized carbons (Fsp3) is 0.353. The summed E-state index contributed by atoms with van der Waals surface area (Å²) in [5.41, 5.74) is 7.75. The molecule has 3 heterocycles. The summed E-state index contributed by atoms with van der Waals surface area (Å²) in [4.78, 5) is 40.1. The number of hydrogen-bond donors (Lipinski definition) is 2. The van der Waals surface area contributed by atoms with Crippen LogP contribution in [0.5, 0.6) is 0 Å². The van der Waals surface area contributed by atoms with Gasteiger partial charge < -0.3 is 20.9 Å². The molecule has 0 aliphatic carbocycles. The molecule has 2 aromatic heterocycles. The summed E-state index contributed by atoms with van der Waals surface area (Å²) in [5.74, 6) is 1.26. The van der Waals surface area contributed by atoms with Crippen molar-refractivity contribution in [1.82, 2.24) is 25.2 Å². The van der Waals surface area contributed by atoms with Crippen molar-refractivity contribution in [3.8, 4) is 11.4 Å². The molecule has 0 bridgehead atoms. The van der Waals surface area contributed by atoms with Crippen LogP contribution in [0, 0.1) is 0 Å². The van der Waals surface area contributed by atoms with Crippen molar-refractivity contribution < 1.29 is 9.59 Å². The van der Waals surface area contributed by atoms with Crippen molar-refractivity contribution in [2.75, 3.05) is 32.1 Å². The maximum Gasteiger partial charge on any atom is 0.312 e. The number of amides is 3. The van der Waals surface area contributed by atoms with Crippen LogP contribution < -0.4 is 16.0 Å². The SMILES string of the molecule is CN(C)c1nc(-c2ccncc2)nc2c1CCN(C(=O)CNC(N)=O)C2. The number of anilines is 1. The van der Waals surface area contributed by atoms with Crippen LogP contribution in [0.2, 0.25) is 0 Å². The summed E-state index contributed by atoms with van der Waals surface area (Å²) in [6, 6.07) is 2.99. The molecule has 0 aromatic carbocycles. The normalized spacial score (nSPS) is 13.1. The van der Waals surface area contributed by atoms with Crippen LogP contribution in [0.15, 0.2) is 24.5 Å². The molecule has 2 aromatic rings. The molecule has 0 radical (unpaired) electrons. The van der Waals surface area contributed by atoms with Crippen LogP contribution in [-0.2, 0) is 17.8 Å². The van der Waals surface area contributed by atoms with Crippen molar-refractivity contribution in [2.45, 2.75) is 13.0 Å². The highest BCUT2D eigenvalue weighted by atomic mass is 16.2. The number of aromatic nitrogens is 3. The number of primary amides is 1. The van der Waals surface area contributed by atoms with E-state index in [1.54, 1.807) is 17.3 Å². The number of hydrogen-bond acceptors (Lipinski definition) is 6. The highest BCUT2D eigenvalue weighted by Crippen LogP contribution is 2.28. The molecule has 1 aliphatic heterocycles. The average molecular weight is 355 g/mol. The Balaban J connectivity index is 1.92. The van der Waals surface area contributed by atoms with Gasteiger partial charge in [-0.15, -0.1) is 0 Å². The predicted octanol–water partition coefficient (Wildman–Crippen LogP) is 0.158. The Bertz CT molecular complexity index is 823. The Kier molecular flexibility index (Phi) is 4.97. The summed E-state index contributed by atoms with van der Waals surface area (Å²) in [6.45, 7) is 0.800. The lowest BCUT2D eigenvalue weighted by Gasteiger charge is -2.30. The predicted molar refractivity (Wildman–Crippen MR) is 96.3 cm³/mol. The zero-order valence-electron chi connectivity index (χ0n) is 14.8. The van der Waals surface area contributed by atoms with Gasteiger partial charge in [0.05, 0.1) is 18.8 Å². The topological polar surface area (TPSA) is 117 Å². The molecule has 3 amide bonds. The van der Waals surface area contributed by atoms with Crippen LogP contribution in [-0.4, -0.2) is 59.0 Å². The third kappa shape index (κ3) is 3.71. The quantitative estimate of drug-likeness (QED) is 0.807. The third-order valence-electron chi connectivity index (χ3n) is 4.17. The van der Waals surface area contributed by atoms with Gasteiger partial charge >= 0.3 is 6.03 Å². The van der Waals surface area contributed by atoms with Crippen LogP contribution in [0.1, 0.15) is 11.3 Å². The minimum atomic E-state index is -0.715. The molecule has 3 N–H and O–H groups in total. The van der Waals surface area contributed by atoms with Crippen molar-refractivity contribution in [3.63, 3.8) is 0 Å². The minimum absolute atomic E-state index is 0.118. The lowest BCUT2D eigenvalue weighted by molar-refractivity contribution is -0.131. The third-order valence-corrected chi connectivity index (χ3v) is 4.17. The number of nitrogens with one attached hydrogen (secondary N) is 1. The first-order valence-electron chi connectivity index (χ1n) is 8.24. The molecule has 0 saturated heterocycles. The number of urea groups is 1. The summed E-state index contributed by atoms with van der Waals surface area (Å²) >= 11 is 0. The van der Waals surface area contributed by atoms with Crippen LogP contribution in [0.3, 0.4) is 0 Å². The molecule has 0 unspecified atom stereocenters. The zero-order valence-corrected chi connectivity index (χ0v) is 14.8. The molecule has 3 rings (SSSR count). The van der Waals surface area contributed by atoms with E-state index < -0.39 is 6.03 Å². The van der Waals surface area contributed by atoms with Crippen molar-refractivity contribution >= 4 is 17.8 Å². The highest BCUT2D eigenvalue weighted by Gasteiger charge is 2.26. The van der Waals surface area contributed by atoms with Crippen LogP contribution in [0.25, 0.3) is 11.4 Å². The van der Waals surface area contributed by atoms with Crippen LogP contribution in [0.4, 0.5) is 10.6 Å². The second-order valence-corrected chi connectivity index (χ2v) is 6.21. The van der Waals surface area contributed by atoms with Gasteiger partial charge in [0.15, 0.2) is 5.82 Å². The van der Waals surface area contributed by atoms with E-state index in [0.717, 1.165) is 22.6 Å². The van der Waals surface area contributed by atoms with E-state index in [-0.39, 0.29) is 12.5 Å². The lowest BCUT2D eigenvalue weighted by Crippen LogP contribution is -2.44. The molecule has 26 heavy (non-hydrogen) atoms. The monoisotopic (exact) mass is 355 g/mol. The van der Waals surface area contributed by atoms with Gasteiger partial charge in [0.2, 0.25) is 5.91 Å². The van der Waals surface area contributed by atoms with E-state index in [9.17, 15) is 9.59 Å². The summed E-state index contributed by atoms with van der Waals surface area (Å²) in [6.07, 6.45) is 4.04. The smallest absolute Gasteiger partial charge is 0.312 e. The Hall–Kier alpha value is -3.23. The fourth-order valence-corrected chi connectivity index (χ4v) is 2.90. The summed E-state index contributed by atoms with van der Waals surface area (Å²) in [5, 5.41) is 2.33. The van der Waals surface area contributed by atoms with E-state index in [2.05, 4.69) is 15.3 Å². The highest BCUT2D eigenvalue weighted by molar-refractivity contribution is 5.83. The van der Waals surface area contributed by atoms with Gasteiger partial charge in [0, 0.05) is 44.2 Å². The van der Waals surface area contributed by atoms with Crippen molar-refractivity contribution in [3.05, 3.63) is 35.8 Å². The van der Waals surface area contributed by atoms with Gasteiger partial charge in [-0.05, 0) is 18.6 Å². The number of rotatable bonds is 4. The van der Waals surface area contributed by atoms with Crippen molar-refractivity contribution in [1.29, 1.82) is 0 Å². The van der Waals surface area contributed by atoms with E-state index in [4.69, 9.17) is 10.7 Å². The first-order chi connectivity index (χ1) is 12.5. The van der Waals surface area contributed by atoms with E-state index in [1.807, 2.05) is 31.1 Å². The summed E-state index contributed by atoms with van der Waals surface area (Å²) in [7, 11) is 3.88. The maximum absolute atomic E-state index is 12.3. The molecule has 9 heteroatoms. The second kappa shape index (κ2) is 7.34. The number of nitrogens with zero attached hydrogens (tertiary/aromatic N) is 5. The lowest BCUT2D eigenvalue weighted by atomic mass is 10.0. The number of pyridine rings is 1. The van der Waals surface area contributed by atoms with Gasteiger partial charge in [-0.1, -0.05) is 0 Å². The maximum atomic E-state index is 12.3. The minimum Gasteiger partial charge on any atom is -0.362 e. The van der Waals surface area contributed by atoms with Gasteiger partial charge in [0.25, 0.3) is 0 Å². The van der Waals surface area contributed by atoms with Gasteiger partial charge in [0.1, 0.15) is 5.82 Å². The van der Waals surface area contributed by atoms with E-state index in [1.165, 1.54) is 0 Å². The number of carbonyl (C=O) groups excluding carboxylic acids is 2. The molecule has 1 aliphatic rings. The van der Waals surface area contributed by atoms with E-state index in [0.29, 0.717) is 25.3 Å². The zero-order chi connectivity index (χ0) is 18.7. The number of fused-ring (bicyclic) bond motifs is 1. The Morgan fingerprint density at radius 3 is 2.65 bits per heavy atom. The first kappa shape index (κ1) is 17.6. The fourth-order valence-electron chi connectivity index (χ4n) is 2.90. The molecule has 0 saturated carbocycles. The Morgan fingerprint density at radius 1 is 1.27 bits per heavy atom. The molecule has 0 spiro atoms. The van der Waals surface area contributed by atoms with E-state index >= 15 is 0 Å². The number of nitrogens with two attached hydrogens (primary N) is 1. The largest absolute Gasteiger partial charge is 0.362 e. The van der Waals surface area contributed by atoms with Gasteiger partial charge in [-0.2, -0.15) is 0 Å².